The number of ether oxygens (including phenoxy) is 5. The Morgan fingerprint density at radius 2 is 1.59 bits per heavy atom. The molecule has 2 heterocycles. The first-order valence-corrected chi connectivity index (χ1v) is 8.41. The summed E-state index contributed by atoms with van der Waals surface area (Å²) >= 11 is 0. The summed E-state index contributed by atoms with van der Waals surface area (Å²) in [6.07, 6.45) is 0.0357. The molecule has 0 unspecified atom stereocenters. The van der Waals surface area contributed by atoms with Crippen molar-refractivity contribution in [3.63, 3.8) is 0 Å². The van der Waals surface area contributed by atoms with Crippen molar-refractivity contribution in [1.82, 2.24) is 0 Å². The van der Waals surface area contributed by atoms with Gasteiger partial charge in [0.25, 0.3) is 5.91 Å². The Hall–Kier alpha value is -3.42. The van der Waals surface area contributed by atoms with E-state index >= 15 is 0 Å². The first-order chi connectivity index (χ1) is 13.2. The van der Waals surface area contributed by atoms with Gasteiger partial charge in [-0.1, -0.05) is 6.07 Å². The van der Waals surface area contributed by atoms with E-state index < -0.39 is 11.9 Å². The minimum absolute atomic E-state index is 0.0357. The molecule has 0 saturated heterocycles. The third kappa shape index (κ3) is 4.05. The lowest BCUT2D eigenvalue weighted by Crippen LogP contribution is -2.21. The van der Waals surface area contributed by atoms with Crippen LogP contribution < -0.4 is 24.3 Å². The number of carbonyl (C=O) groups is 2. The SMILES string of the molecule is O=C(COC(=O)Cc1ccc2c(c1)OCCO2)Nc1ccc2c(c1)OCO2. The number of anilines is 1. The van der Waals surface area contributed by atoms with E-state index in [1.54, 1.807) is 36.4 Å². The quantitative estimate of drug-likeness (QED) is 0.803. The molecule has 2 aliphatic rings. The molecule has 1 N–H and O–H groups in total. The Kier molecular flexibility index (Phi) is 4.69. The van der Waals surface area contributed by atoms with Crippen LogP contribution in [0.25, 0.3) is 0 Å². The molecule has 0 radical (unpaired) electrons. The number of carbonyl (C=O) groups excluding carboxylic acids is 2. The third-order valence-corrected chi connectivity index (χ3v) is 3.98. The van der Waals surface area contributed by atoms with Crippen LogP contribution in [-0.4, -0.2) is 38.5 Å². The molecule has 27 heavy (non-hydrogen) atoms. The Labute approximate surface area is 154 Å². The van der Waals surface area contributed by atoms with Gasteiger partial charge in [0.05, 0.1) is 6.42 Å². The summed E-state index contributed by atoms with van der Waals surface area (Å²) in [5, 5.41) is 2.64. The summed E-state index contributed by atoms with van der Waals surface area (Å²) in [6, 6.07) is 10.3. The normalized spacial score (nSPS) is 13.8. The number of rotatable bonds is 5. The summed E-state index contributed by atoms with van der Waals surface area (Å²) < 4.78 is 26.4. The maximum absolute atomic E-state index is 12.0. The van der Waals surface area contributed by atoms with E-state index in [0.29, 0.717) is 41.9 Å². The van der Waals surface area contributed by atoms with Gasteiger partial charge < -0.3 is 29.0 Å². The molecule has 0 atom stereocenters. The van der Waals surface area contributed by atoms with Gasteiger partial charge in [0.15, 0.2) is 29.6 Å². The van der Waals surface area contributed by atoms with Gasteiger partial charge in [0.2, 0.25) is 6.79 Å². The molecule has 8 nitrogen and oxygen atoms in total. The molecule has 4 rings (SSSR count). The zero-order valence-electron chi connectivity index (χ0n) is 14.4. The van der Waals surface area contributed by atoms with Crippen molar-refractivity contribution >= 4 is 17.6 Å². The Morgan fingerprint density at radius 1 is 0.889 bits per heavy atom. The van der Waals surface area contributed by atoms with Crippen molar-refractivity contribution in [3.8, 4) is 23.0 Å². The third-order valence-electron chi connectivity index (χ3n) is 3.98. The van der Waals surface area contributed by atoms with Crippen LogP contribution in [0.4, 0.5) is 5.69 Å². The van der Waals surface area contributed by atoms with E-state index in [9.17, 15) is 9.59 Å². The minimum atomic E-state index is -0.507. The molecule has 140 valence electrons. The summed E-state index contributed by atoms with van der Waals surface area (Å²) in [5.74, 6) is 1.49. The monoisotopic (exact) mass is 371 g/mol. The smallest absolute Gasteiger partial charge is 0.310 e. The lowest BCUT2D eigenvalue weighted by molar-refractivity contribution is -0.146. The van der Waals surface area contributed by atoms with Crippen LogP contribution in [-0.2, 0) is 20.7 Å². The van der Waals surface area contributed by atoms with Crippen LogP contribution in [0.3, 0.4) is 0 Å². The molecule has 8 heteroatoms. The highest BCUT2D eigenvalue weighted by Crippen LogP contribution is 2.34. The highest BCUT2D eigenvalue weighted by atomic mass is 16.7. The first kappa shape index (κ1) is 17.0. The highest BCUT2D eigenvalue weighted by molar-refractivity contribution is 5.93. The number of nitrogens with one attached hydrogen (secondary N) is 1. The van der Waals surface area contributed by atoms with Crippen molar-refractivity contribution in [3.05, 3.63) is 42.0 Å². The van der Waals surface area contributed by atoms with Gasteiger partial charge in [-0.2, -0.15) is 0 Å². The van der Waals surface area contributed by atoms with Crippen molar-refractivity contribution < 1.29 is 33.3 Å². The Bertz CT molecular complexity index is 880. The average molecular weight is 371 g/mol. The molecule has 2 aliphatic heterocycles. The fourth-order valence-corrected chi connectivity index (χ4v) is 2.73. The van der Waals surface area contributed by atoms with Crippen LogP contribution in [0.5, 0.6) is 23.0 Å². The van der Waals surface area contributed by atoms with E-state index in [0.717, 1.165) is 5.56 Å². The second-order valence-electron chi connectivity index (χ2n) is 5.93. The number of amides is 1. The molecule has 2 aromatic carbocycles. The summed E-state index contributed by atoms with van der Waals surface area (Å²) in [7, 11) is 0. The van der Waals surface area contributed by atoms with Gasteiger partial charge in [-0.15, -0.1) is 0 Å². The van der Waals surface area contributed by atoms with Gasteiger partial charge in [0, 0.05) is 11.8 Å². The van der Waals surface area contributed by atoms with E-state index in [1.165, 1.54) is 0 Å². The molecule has 0 bridgehead atoms. The molecular weight excluding hydrogens is 354 g/mol. The van der Waals surface area contributed by atoms with Crippen molar-refractivity contribution in [1.29, 1.82) is 0 Å². The fraction of sp³-hybridized carbons (Fsp3) is 0.263. The zero-order valence-corrected chi connectivity index (χ0v) is 14.4. The van der Waals surface area contributed by atoms with E-state index in [4.69, 9.17) is 23.7 Å². The molecule has 0 aromatic heterocycles. The van der Waals surface area contributed by atoms with E-state index in [2.05, 4.69) is 5.32 Å². The van der Waals surface area contributed by atoms with Gasteiger partial charge in [-0.25, -0.2) is 0 Å². The molecular formula is C19H17NO7. The topological polar surface area (TPSA) is 92.3 Å². The maximum atomic E-state index is 12.0. The predicted octanol–water partition coefficient (Wildman–Crippen LogP) is 1.91. The van der Waals surface area contributed by atoms with Crippen LogP contribution in [0, 0.1) is 0 Å². The number of esters is 1. The Morgan fingerprint density at radius 3 is 2.48 bits per heavy atom. The van der Waals surface area contributed by atoms with Gasteiger partial charge in [-0.3, -0.25) is 9.59 Å². The molecule has 0 spiro atoms. The molecule has 1 amide bonds. The second kappa shape index (κ2) is 7.45. The van der Waals surface area contributed by atoms with Crippen LogP contribution >= 0.6 is 0 Å². The Balaban J connectivity index is 1.27. The van der Waals surface area contributed by atoms with Crippen molar-refractivity contribution in [2.24, 2.45) is 0 Å². The van der Waals surface area contributed by atoms with Crippen molar-refractivity contribution in [2.75, 3.05) is 31.9 Å². The molecule has 0 fully saturated rings. The largest absolute Gasteiger partial charge is 0.486 e. The number of fused-ring (bicyclic) bond motifs is 2. The summed E-state index contributed by atoms with van der Waals surface area (Å²) in [6.45, 7) is 0.760. The average Bonchev–Trinajstić information content (AvgIpc) is 3.14. The minimum Gasteiger partial charge on any atom is -0.486 e. The summed E-state index contributed by atoms with van der Waals surface area (Å²) in [5.41, 5.74) is 1.26. The predicted molar refractivity (Wildman–Crippen MR) is 93.3 cm³/mol. The van der Waals surface area contributed by atoms with Crippen LogP contribution in [0.15, 0.2) is 36.4 Å². The summed E-state index contributed by atoms with van der Waals surface area (Å²) in [4.78, 5) is 23.9. The van der Waals surface area contributed by atoms with Gasteiger partial charge in [-0.05, 0) is 29.8 Å². The zero-order chi connectivity index (χ0) is 18.6. The first-order valence-electron chi connectivity index (χ1n) is 8.41. The lowest BCUT2D eigenvalue weighted by Gasteiger charge is -2.18. The molecule has 2 aromatic rings. The van der Waals surface area contributed by atoms with Gasteiger partial charge >= 0.3 is 5.97 Å². The maximum Gasteiger partial charge on any atom is 0.310 e. The van der Waals surface area contributed by atoms with Crippen LogP contribution in [0.1, 0.15) is 5.56 Å². The lowest BCUT2D eigenvalue weighted by atomic mass is 10.1. The second-order valence-corrected chi connectivity index (χ2v) is 5.93. The fourth-order valence-electron chi connectivity index (χ4n) is 2.73. The molecule has 0 saturated carbocycles. The molecule has 0 aliphatic carbocycles. The number of hydrogen-bond donors (Lipinski definition) is 1. The van der Waals surface area contributed by atoms with Gasteiger partial charge in [0.1, 0.15) is 13.2 Å². The number of hydrogen-bond acceptors (Lipinski definition) is 7. The van der Waals surface area contributed by atoms with E-state index in [-0.39, 0.29) is 19.8 Å². The van der Waals surface area contributed by atoms with Crippen LogP contribution in [0.2, 0.25) is 0 Å². The van der Waals surface area contributed by atoms with E-state index in [1.807, 2.05) is 0 Å². The standard InChI is InChI=1S/C19H17NO7/c21-18(20-13-2-4-15-17(9-13)27-11-26-15)10-25-19(22)8-12-1-3-14-16(7-12)24-6-5-23-14/h1-4,7,9H,5-6,8,10-11H2,(H,20,21). The number of benzene rings is 2. The van der Waals surface area contributed by atoms with Crippen molar-refractivity contribution in [2.45, 2.75) is 6.42 Å². The highest BCUT2D eigenvalue weighted by Gasteiger charge is 2.16.